The Morgan fingerprint density at radius 3 is 2.76 bits per heavy atom. The zero-order valence-corrected chi connectivity index (χ0v) is 13.5. The van der Waals surface area contributed by atoms with Crippen molar-refractivity contribution in [1.82, 2.24) is 9.78 Å². The van der Waals surface area contributed by atoms with Gasteiger partial charge in [-0.15, -0.1) is 11.8 Å². The first-order valence-electron chi connectivity index (χ1n) is 7.69. The molecule has 0 aliphatic carbocycles. The van der Waals surface area contributed by atoms with Gasteiger partial charge in [-0.05, 0) is 30.9 Å². The van der Waals surface area contributed by atoms with Crippen molar-refractivity contribution >= 4 is 11.8 Å². The second kappa shape index (κ2) is 6.24. The van der Waals surface area contributed by atoms with Gasteiger partial charge in [0.2, 0.25) is 0 Å². The van der Waals surface area contributed by atoms with Gasteiger partial charge < -0.3 is 5.11 Å². The summed E-state index contributed by atoms with van der Waals surface area (Å²) in [5, 5.41) is 14.9. The lowest BCUT2D eigenvalue weighted by Crippen LogP contribution is -2.16. The minimum Gasteiger partial charge on any atom is -0.392 e. The number of nitrogens with zero attached hydrogens (tertiary/aromatic N) is 2. The van der Waals surface area contributed by atoms with Crippen LogP contribution in [0.4, 0.5) is 0 Å². The lowest BCUT2D eigenvalue weighted by atomic mass is 10.1. The molecule has 112 valence electrons. The molecule has 21 heavy (non-hydrogen) atoms. The van der Waals surface area contributed by atoms with E-state index >= 15 is 0 Å². The zero-order valence-electron chi connectivity index (χ0n) is 12.7. The highest BCUT2D eigenvalue weighted by Crippen LogP contribution is 2.37. The topological polar surface area (TPSA) is 38.0 Å². The second-order valence-corrected chi connectivity index (χ2v) is 6.81. The zero-order chi connectivity index (χ0) is 14.8. The monoisotopic (exact) mass is 302 g/mol. The van der Waals surface area contributed by atoms with E-state index in [2.05, 4.69) is 42.8 Å². The fourth-order valence-electron chi connectivity index (χ4n) is 3.15. The van der Waals surface area contributed by atoms with Crippen molar-refractivity contribution in [3.8, 4) is 0 Å². The maximum absolute atomic E-state index is 9.62. The minimum absolute atomic E-state index is 0.102. The van der Waals surface area contributed by atoms with Gasteiger partial charge in [-0.1, -0.05) is 32.0 Å². The average molecular weight is 302 g/mol. The molecule has 2 aromatic rings. The standard InChI is InChI=1S/C17H22N2OS/c1-3-15-14(11-20)16(4-2)19(18-15)10-13-9-12-7-5-6-8-17(12)21-13/h5-8,13,20H,3-4,9-11H2,1-2H3. The third-order valence-electron chi connectivity index (χ3n) is 4.17. The van der Waals surface area contributed by atoms with Gasteiger partial charge in [0, 0.05) is 21.4 Å². The molecule has 0 fully saturated rings. The van der Waals surface area contributed by atoms with E-state index in [9.17, 15) is 5.11 Å². The maximum atomic E-state index is 9.62. The van der Waals surface area contributed by atoms with Crippen molar-refractivity contribution in [2.24, 2.45) is 0 Å². The Labute approximate surface area is 130 Å². The summed E-state index contributed by atoms with van der Waals surface area (Å²) in [6.07, 6.45) is 2.92. The van der Waals surface area contributed by atoms with E-state index in [0.717, 1.165) is 37.1 Å². The van der Waals surface area contributed by atoms with Crippen LogP contribution >= 0.6 is 11.8 Å². The van der Waals surface area contributed by atoms with Crippen LogP contribution in [-0.2, 0) is 32.4 Å². The summed E-state index contributed by atoms with van der Waals surface area (Å²) >= 11 is 1.96. The number of rotatable bonds is 5. The molecular formula is C17H22N2OS. The molecule has 4 heteroatoms. The van der Waals surface area contributed by atoms with Gasteiger partial charge in [-0.2, -0.15) is 5.10 Å². The number of aryl methyl sites for hydroxylation is 1. The molecule has 3 nitrogen and oxygen atoms in total. The van der Waals surface area contributed by atoms with Gasteiger partial charge in [0.25, 0.3) is 0 Å². The van der Waals surface area contributed by atoms with Crippen LogP contribution in [0.2, 0.25) is 0 Å². The Kier molecular flexibility index (Phi) is 4.36. The van der Waals surface area contributed by atoms with Crippen LogP contribution < -0.4 is 0 Å². The number of hydrogen-bond donors (Lipinski definition) is 1. The van der Waals surface area contributed by atoms with Crippen molar-refractivity contribution in [3.63, 3.8) is 0 Å². The Morgan fingerprint density at radius 1 is 1.29 bits per heavy atom. The molecule has 1 unspecified atom stereocenters. The smallest absolute Gasteiger partial charge is 0.0718 e. The first-order valence-corrected chi connectivity index (χ1v) is 8.57. The van der Waals surface area contributed by atoms with Crippen molar-refractivity contribution in [1.29, 1.82) is 0 Å². The summed E-state index contributed by atoms with van der Waals surface area (Å²) in [6.45, 7) is 5.27. The predicted molar refractivity (Wildman–Crippen MR) is 86.7 cm³/mol. The summed E-state index contributed by atoms with van der Waals surface area (Å²) in [7, 11) is 0. The third-order valence-corrected chi connectivity index (χ3v) is 5.47. The molecule has 1 N–H and O–H groups in total. The summed E-state index contributed by atoms with van der Waals surface area (Å²) in [5.41, 5.74) is 4.75. The summed E-state index contributed by atoms with van der Waals surface area (Å²) in [6, 6.07) is 8.66. The fourth-order valence-corrected chi connectivity index (χ4v) is 4.45. The van der Waals surface area contributed by atoms with Gasteiger partial charge in [0.15, 0.2) is 0 Å². The number of fused-ring (bicyclic) bond motifs is 1. The first-order chi connectivity index (χ1) is 10.3. The van der Waals surface area contributed by atoms with E-state index < -0.39 is 0 Å². The van der Waals surface area contributed by atoms with E-state index in [-0.39, 0.29) is 6.61 Å². The van der Waals surface area contributed by atoms with Crippen LogP contribution in [0.5, 0.6) is 0 Å². The molecule has 1 aromatic carbocycles. The molecule has 0 amide bonds. The molecule has 1 atom stereocenters. The Balaban J connectivity index is 1.82. The highest BCUT2D eigenvalue weighted by Gasteiger charge is 2.24. The first kappa shape index (κ1) is 14.7. The van der Waals surface area contributed by atoms with Crippen LogP contribution in [0.15, 0.2) is 29.2 Å². The van der Waals surface area contributed by atoms with Crippen molar-refractivity contribution in [2.45, 2.75) is 56.4 Å². The van der Waals surface area contributed by atoms with Gasteiger partial charge in [0.05, 0.1) is 18.8 Å². The lowest BCUT2D eigenvalue weighted by molar-refractivity contribution is 0.279. The molecule has 2 heterocycles. The lowest BCUT2D eigenvalue weighted by Gasteiger charge is -2.12. The fraction of sp³-hybridized carbons (Fsp3) is 0.471. The minimum atomic E-state index is 0.102. The SMILES string of the molecule is CCc1nn(CC2Cc3ccccc3S2)c(CC)c1CO. The molecule has 0 saturated heterocycles. The van der Waals surface area contributed by atoms with E-state index in [1.165, 1.54) is 16.2 Å². The van der Waals surface area contributed by atoms with Crippen molar-refractivity contribution < 1.29 is 5.11 Å². The molecule has 0 spiro atoms. The van der Waals surface area contributed by atoms with Crippen molar-refractivity contribution in [2.75, 3.05) is 0 Å². The van der Waals surface area contributed by atoms with Crippen molar-refractivity contribution in [3.05, 3.63) is 46.8 Å². The molecule has 1 aliphatic rings. The number of aromatic nitrogens is 2. The Hall–Kier alpha value is -1.26. The van der Waals surface area contributed by atoms with Gasteiger partial charge >= 0.3 is 0 Å². The highest BCUT2D eigenvalue weighted by molar-refractivity contribution is 8.00. The maximum Gasteiger partial charge on any atom is 0.0718 e. The number of thioether (sulfide) groups is 1. The van der Waals surface area contributed by atoms with E-state index in [1.807, 2.05) is 11.8 Å². The summed E-state index contributed by atoms with van der Waals surface area (Å²) in [4.78, 5) is 1.41. The predicted octanol–water partition coefficient (Wildman–Crippen LogP) is 3.22. The van der Waals surface area contributed by atoms with E-state index in [1.54, 1.807) is 0 Å². The van der Waals surface area contributed by atoms with Gasteiger partial charge in [-0.25, -0.2) is 0 Å². The number of benzene rings is 1. The second-order valence-electron chi connectivity index (χ2n) is 5.47. The molecular weight excluding hydrogens is 280 g/mol. The molecule has 1 aliphatic heterocycles. The van der Waals surface area contributed by atoms with Crippen LogP contribution in [-0.4, -0.2) is 20.1 Å². The molecule has 0 radical (unpaired) electrons. The average Bonchev–Trinajstić information content (AvgIpc) is 3.06. The molecule has 0 saturated carbocycles. The number of hydrogen-bond acceptors (Lipinski definition) is 3. The molecule has 0 bridgehead atoms. The number of aliphatic hydroxyl groups is 1. The summed E-state index contributed by atoms with van der Waals surface area (Å²) < 4.78 is 2.13. The van der Waals surface area contributed by atoms with Crippen LogP contribution in [0.3, 0.4) is 0 Å². The number of aliphatic hydroxyl groups excluding tert-OH is 1. The molecule has 1 aromatic heterocycles. The van der Waals surface area contributed by atoms with Gasteiger partial charge in [-0.3, -0.25) is 4.68 Å². The van der Waals surface area contributed by atoms with E-state index in [4.69, 9.17) is 5.10 Å². The Morgan fingerprint density at radius 2 is 2.10 bits per heavy atom. The normalized spacial score (nSPS) is 17.2. The van der Waals surface area contributed by atoms with Crippen LogP contribution in [0.25, 0.3) is 0 Å². The summed E-state index contributed by atoms with van der Waals surface area (Å²) in [5.74, 6) is 0. The van der Waals surface area contributed by atoms with E-state index in [0.29, 0.717) is 5.25 Å². The highest BCUT2D eigenvalue weighted by atomic mass is 32.2. The van der Waals surface area contributed by atoms with Gasteiger partial charge in [0.1, 0.15) is 0 Å². The quantitative estimate of drug-likeness (QED) is 0.921. The Bertz CT molecular complexity index is 611. The third kappa shape index (κ3) is 2.74. The molecule has 3 rings (SSSR count). The largest absolute Gasteiger partial charge is 0.392 e. The van der Waals surface area contributed by atoms with Crippen LogP contribution in [0.1, 0.15) is 36.4 Å². The van der Waals surface area contributed by atoms with Crippen LogP contribution in [0, 0.1) is 0 Å².